The number of hydrogen-bond donors (Lipinski definition) is 1. The van der Waals surface area contributed by atoms with Gasteiger partial charge in [-0.3, -0.25) is 0 Å². The molecule has 124 valence electrons. The Morgan fingerprint density at radius 2 is 1.68 bits per heavy atom. The second-order valence-corrected chi connectivity index (χ2v) is 5.38. The van der Waals surface area contributed by atoms with Gasteiger partial charge >= 0.3 is 0 Å². The van der Waals surface area contributed by atoms with Crippen molar-refractivity contribution in [1.29, 1.82) is 0 Å². The molecule has 2 heterocycles. The maximum Gasteiger partial charge on any atom is 0.211 e. The quantitative estimate of drug-likeness (QED) is 0.584. The zero-order chi connectivity index (χ0) is 16.9. The Balaban J connectivity index is 1.40. The predicted molar refractivity (Wildman–Crippen MR) is 91.0 cm³/mol. The van der Waals surface area contributed by atoms with Gasteiger partial charge in [-0.2, -0.15) is 5.21 Å². The summed E-state index contributed by atoms with van der Waals surface area (Å²) in [6, 6.07) is 19.4. The smallest absolute Gasteiger partial charge is 0.211 e. The van der Waals surface area contributed by atoms with Crippen molar-refractivity contribution in [2.24, 2.45) is 0 Å². The van der Waals surface area contributed by atoms with E-state index in [2.05, 4.69) is 25.6 Å². The van der Waals surface area contributed by atoms with Crippen molar-refractivity contribution in [2.75, 3.05) is 0 Å². The van der Waals surface area contributed by atoms with Crippen LogP contribution in [0, 0.1) is 0 Å². The summed E-state index contributed by atoms with van der Waals surface area (Å²) in [4.78, 5) is 4.60. The van der Waals surface area contributed by atoms with Crippen LogP contribution in [0.3, 0.4) is 0 Å². The van der Waals surface area contributed by atoms with Gasteiger partial charge in [0.2, 0.25) is 5.82 Å². The van der Waals surface area contributed by atoms with E-state index >= 15 is 0 Å². The van der Waals surface area contributed by atoms with E-state index in [0.29, 0.717) is 23.9 Å². The minimum Gasteiger partial charge on any atom is -0.487 e. The van der Waals surface area contributed by atoms with Gasteiger partial charge in [0.1, 0.15) is 18.1 Å². The lowest BCUT2D eigenvalue weighted by molar-refractivity contribution is 0.283. The van der Waals surface area contributed by atoms with E-state index in [1.165, 1.54) is 0 Å². The number of nitrogens with zero attached hydrogens (tertiary/aromatic N) is 4. The summed E-state index contributed by atoms with van der Waals surface area (Å²) in [5.74, 6) is 1.88. The number of H-pyrrole nitrogens is 1. The van der Waals surface area contributed by atoms with Gasteiger partial charge in [-0.25, -0.2) is 4.98 Å². The minimum absolute atomic E-state index is 0.242. The van der Waals surface area contributed by atoms with Gasteiger partial charge in [0, 0.05) is 11.5 Å². The first-order valence-electron chi connectivity index (χ1n) is 7.79. The number of fused-ring (bicyclic) bond motifs is 1. The first-order valence-corrected chi connectivity index (χ1v) is 7.79. The lowest BCUT2D eigenvalue weighted by Crippen LogP contribution is -2.00. The van der Waals surface area contributed by atoms with E-state index in [-0.39, 0.29) is 6.61 Å². The summed E-state index contributed by atoms with van der Waals surface area (Å²) in [6.45, 7) is 0.630. The highest BCUT2D eigenvalue weighted by Crippen LogP contribution is 2.21. The summed E-state index contributed by atoms with van der Waals surface area (Å²) >= 11 is 0. The van der Waals surface area contributed by atoms with Crippen LogP contribution in [-0.4, -0.2) is 25.6 Å². The molecule has 0 saturated carbocycles. The average Bonchev–Trinajstić information content (AvgIpc) is 3.19. The van der Waals surface area contributed by atoms with Crippen molar-refractivity contribution < 1.29 is 9.47 Å². The molecule has 0 aliphatic rings. The zero-order valence-electron chi connectivity index (χ0n) is 13.3. The Kier molecular flexibility index (Phi) is 4.20. The fraction of sp³-hybridized carbons (Fsp3) is 0.111. The maximum atomic E-state index is 5.83. The second-order valence-electron chi connectivity index (χ2n) is 5.38. The minimum atomic E-state index is 0.242. The molecule has 25 heavy (non-hydrogen) atoms. The highest BCUT2D eigenvalue weighted by atomic mass is 16.5. The number of hydrogen-bond acceptors (Lipinski definition) is 6. The van der Waals surface area contributed by atoms with E-state index in [4.69, 9.17) is 9.47 Å². The summed E-state index contributed by atoms with van der Waals surface area (Å²) in [5, 5.41) is 14.7. The summed E-state index contributed by atoms with van der Waals surface area (Å²) < 4.78 is 11.4. The molecule has 0 saturated heterocycles. The molecule has 0 spiro atoms. The molecule has 7 nitrogen and oxygen atoms in total. The topological polar surface area (TPSA) is 85.8 Å². The molecule has 0 aliphatic heterocycles. The lowest BCUT2D eigenvalue weighted by atomic mass is 10.2. The summed E-state index contributed by atoms with van der Waals surface area (Å²) in [6.07, 6.45) is 0. The second kappa shape index (κ2) is 6.96. The van der Waals surface area contributed by atoms with Gasteiger partial charge in [-0.1, -0.05) is 35.5 Å². The number of pyridine rings is 1. The standard InChI is InChI=1S/C18H15N5O2/c1-2-7-17-13(4-1)8-9-14(19-17)11-24-15-5-3-6-16(10-15)25-12-18-20-22-23-21-18/h1-10H,11-12H2,(H,20,21,22,23). The Labute approximate surface area is 143 Å². The van der Waals surface area contributed by atoms with E-state index in [1.807, 2.05) is 60.7 Å². The molecule has 4 aromatic rings. The molecule has 4 rings (SSSR count). The molecular formula is C18H15N5O2. The first kappa shape index (κ1) is 15.1. The molecule has 2 aromatic heterocycles. The molecule has 0 bridgehead atoms. The van der Waals surface area contributed by atoms with Gasteiger partial charge in [0.05, 0.1) is 11.2 Å². The van der Waals surface area contributed by atoms with Gasteiger partial charge in [0.25, 0.3) is 0 Å². The van der Waals surface area contributed by atoms with E-state index in [1.54, 1.807) is 0 Å². The fourth-order valence-corrected chi connectivity index (χ4v) is 2.39. The van der Waals surface area contributed by atoms with Gasteiger partial charge in [-0.15, -0.1) is 10.2 Å². The molecule has 2 aromatic carbocycles. The van der Waals surface area contributed by atoms with Crippen molar-refractivity contribution in [3.05, 3.63) is 72.2 Å². The van der Waals surface area contributed by atoms with Crippen LogP contribution in [0.2, 0.25) is 0 Å². The highest BCUT2D eigenvalue weighted by Gasteiger charge is 2.03. The molecule has 1 N–H and O–H groups in total. The Morgan fingerprint density at radius 1 is 0.840 bits per heavy atom. The summed E-state index contributed by atoms with van der Waals surface area (Å²) in [5.41, 5.74) is 1.83. The third kappa shape index (κ3) is 3.72. The van der Waals surface area contributed by atoms with Gasteiger partial charge in [-0.05, 0) is 24.3 Å². The van der Waals surface area contributed by atoms with Crippen LogP contribution >= 0.6 is 0 Å². The van der Waals surface area contributed by atoms with E-state index < -0.39 is 0 Å². The van der Waals surface area contributed by atoms with Crippen LogP contribution in [0.25, 0.3) is 10.9 Å². The molecule has 0 radical (unpaired) electrons. The number of benzene rings is 2. The summed E-state index contributed by atoms with van der Waals surface area (Å²) in [7, 11) is 0. The van der Waals surface area contributed by atoms with Crippen molar-refractivity contribution in [3.8, 4) is 11.5 Å². The van der Waals surface area contributed by atoms with Crippen molar-refractivity contribution in [2.45, 2.75) is 13.2 Å². The van der Waals surface area contributed by atoms with Crippen molar-refractivity contribution in [3.63, 3.8) is 0 Å². The van der Waals surface area contributed by atoms with Crippen LogP contribution in [0.15, 0.2) is 60.7 Å². The highest BCUT2D eigenvalue weighted by molar-refractivity contribution is 5.78. The predicted octanol–water partition coefficient (Wildman–Crippen LogP) is 2.91. The van der Waals surface area contributed by atoms with Crippen LogP contribution < -0.4 is 9.47 Å². The normalized spacial score (nSPS) is 10.7. The molecule has 0 amide bonds. The maximum absolute atomic E-state index is 5.83. The monoisotopic (exact) mass is 333 g/mol. The van der Waals surface area contributed by atoms with Gasteiger partial charge < -0.3 is 9.47 Å². The molecule has 0 atom stereocenters. The largest absolute Gasteiger partial charge is 0.487 e. The van der Waals surface area contributed by atoms with Crippen molar-refractivity contribution >= 4 is 10.9 Å². The third-order valence-corrected chi connectivity index (χ3v) is 3.61. The molecule has 0 unspecified atom stereocenters. The third-order valence-electron chi connectivity index (χ3n) is 3.61. The van der Waals surface area contributed by atoms with Crippen LogP contribution in [0.5, 0.6) is 11.5 Å². The number of rotatable bonds is 6. The average molecular weight is 333 g/mol. The van der Waals surface area contributed by atoms with E-state index in [0.717, 1.165) is 16.6 Å². The molecular weight excluding hydrogens is 318 g/mol. The molecule has 7 heteroatoms. The number of nitrogens with one attached hydrogen (secondary N) is 1. The lowest BCUT2D eigenvalue weighted by Gasteiger charge is -2.09. The van der Waals surface area contributed by atoms with Crippen LogP contribution in [-0.2, 0) is 13.2 Å². The number of tetrazole rings is 1. The van der Waals surface area contributed by atoms with Gasteiger partial charge in [0.15, 0.2) is 6.61 Å². The zero-order valence-corrected chi connectivity index (χ0v) is 13.3. The SMILES string of the molecule is c1cc(OCc2ccc3ccccc3n2)cc(OCc2nn[nH]n2)c1. The van der Waals surface area contributed by atoms with Crippen LogP contribution in [0.1, 0.15) is 11.5 Å². The first-order chi connectivity index (χ1) is 12.4. The molecule has 0 aliphatic carbocycles. The number of aromatic nitrogens is 5. The number of para-hydroxylation sites is 1. The Bertz CT molecular complexity index is 972. The van der Waals surface area contributed by atoms with Crippen molar-refractivity contribution in [1.82, 2.24) is 25.6 Å². The number of aromatic amines is 1. The Morgan fingerprint density at radius 3 is 2.52 bits per heavy atom. The Hall–Kier alpha value is -3.48. The van der Waals surface area contributed by atoms with E-state index in [9.17, 15) is 0 Å². The van der Waals surface area contributed by atoms with Crippen LogP contribution in [0.4, 0.5) is 0 Å². The number of ether oxygens (including phenoxy) is 2. The fourth-order valence-electron chi connectivity index (χ4n) is 2.39. The molecule has 0 fully saturated rings.